The molecule has 0 saturated carbocycles. The van der Waals surface area contributed by atoms with Crippen molar-refractivity contribution in [1.82, 2.24) is 4.98 Å². The molecule has 0 aliphatic rings. The van der Waals surface area contributed by atoms with E-state index in [-0.39, 0.29) is 6.54 Å². The number of aryl methyl sites for hydroxylation is 1. The zero-order valence-corrected chi connectivity index (χ0v) is 10.7. The number of rotatable bonds is 3. The van der Waals surface area contributed by atoms with Gasteiger partial charge in [0, 0.05) is 12.7 Å². The highest BCUT2D eigenvalue weighted by molar-refractivity contribution is 5.40. The summed E-state index contributed by atoms with van der Waals surface area (Å²) in [6, 6.07) is 7.31. The molecule has 0 atom stereocenters. The van der Waals surface area contributed by atoms with E-state index in [0.717, 1.165) is 11.6 Å². The standard InChI is InChI=1S/C14H13F3N2O/c1-9-4-5-10(8-18)7-12(9)20-13-11(14(15,16)17)3-2-6-19-13/h2-7H,8,18H2,1H3. The molecule has 0 radical (unpaired) electrons. The first-order chi connectivity index (χ1) is 9.41. The van der Waals surface area contributed by atoms with Crippen molar-refractivity contribution < 1.29 is 17.9 Å². The fourth-order valence-corrected chi connectivity index (χ4v) is 1.67. The van der Waals surface area contributed by atoms with E-state index in [0.29, 0.717) is 11.3 Å². The maximum Gasteiger partial charge on any atom is 0.421 e. The number of ether oxygens (including phenoxy) is 1. The molecule has 20 heavy (non-hydrogen) atoms. The third-order valence-corrected chi connectivity index (χ3v) is 2.77. The number of alkyl halides is 3. The molecule has 0 unspecified atom stereocenters. The first kappa shape index (κ1) is 14.3. The van der Waals surface area contributed by atoms with Crippen molar-refractivity contribution in [1.29, 1.82) is 0 Å². The number of halogens is 3. The minimum atomic E-state index is -4.51. The molecule has 0 fully saturated rings. The maximum absolute atomic E-state index is 12.9. The second kappa shape index (κ2) is 5.50. The number of benzene rings is 1. The van der Waals surface area contributed by atoms with Gasteiger partial charge in [-0.05, 0) is 36.2 Å². The van der Waals surface area contributed by atoms with Crippen molar-refractivity contribution in [3.63, 3.8) is 0 Å². The van der Waals surface area contributed by atoms with E-state index < -0.39 is 17.6 Å². The highest BCUT2D eigenvalue weighted by Gasteiger charge is 2.35. The van der Waals surface area contributed by atoms with E-state index in [2.05, 4.69) is 4.98 Å². The van der Waals surface area contributed by atoms with E-state index in [1.54, 1.807) is 25.1 Å². The average molecular weight is 282 g/mol. The van der Waals surface area contributed by atoms with Crippen molar-refractivity contribution in [2.75, 3.05) is 0 Å². The van der Waals surface area contributed by atoms with Gasteiger partial charge in [-0.25, -0.2) is 4.98 Å². The van der Waals surface area contributed by atoms with Crippen LogP contribution in [0.15, 0.2) is 36.5 Å². The van der Waals surface area contributed by atoms with E-state index >= 15 is 0 Å². The molecule has 1 aromatic heterocycles. The Kier molecular flexibility index (Phi) is 3.94. The Balaban J connectivity index is 2.40. The molecule has 1 aromatic carbocycles. The molecule has 0 bridgehead atoms. The van der Waals surface area contributed by atoms with E-state index in [1.165, 1.54) is 12.3 Å². The lowest BCUT2D eigenvalue weighted by Crippen LogP contribution is -2.08. The van der Waals surface area contributed by atoms with Crippen molar-refractivity contribution in [2.45, 2.75) is 19.6 Å². The average Bonchev–Trinajstić information content (AvgIpc) is 2.41. The Labute approximate surface area is 114 Å². The predicted octanol–water partition coefficient (Wildman–Crippen LogP) is 3.66. The van der Waals surface area contributed by atoms with Gasteiger partial charge in [0.25, 0.3) is 0 Å². The van der Waals surface area contributed by atoms with Crippen LogP contribution in [-0.4, -0.2) is 4.98 Å². The number of nitrogens with two attached hydrogens (primary N) is 1. The van der Waals surface area contributed by atoms with Gasteiger partial charge in [0.05, 0.1) is 0 Å². The summed E-state index contributed by atoms with van der Waals surface area (Å²) in [4.78, 5) is 3.66. The Morgan fingerprint density at radius 1 is 1.25 bits per heavy atom. The molecule has 0 amide bonds. The molecule has 106 valence electrons. The summed E-state index contributed by atoms with van der Waals surface area (Å²) in [6.45, 7) is 2.02. The SMILES string of the molecule is Cc1ccc(CN)cc1Oc1ncccc1C(F)(F)F. The molecule has 6 heteroatoms. The van der Waals surface area contributed by atoms with Crippen molar-refractivity contribution >= 4 is 0 Å². The summed E-state index contributed by atoms with van der Waals surface area (Å²) in [6.07, 6.45) is -3.25. The summed E-state index contributed by atoms with van der Waals surface area (Å²) in [7, 11) is 0. The summed E-state index contributed by atoms with van der Waals surface area (Å²) in [5.41, 5.74) is 6.09. The van der Waals surface area contributed by atoms with Gasteiger partial charge in [0.2, 0.25) is 5.88 Å². The molecular formula is C14H13F3N2O. The number of nitrogens with zero attached hydrogens (tertiary/aromatic N) is 1. The van der Waals surface area contributed by atoms with E-state index in [9.17, 15) is 13.2 Å². The second-order valence-electron chi connectivity index (χ2n) is 4.26. The van der Waals surface area contributed by atoms with Gasteiger partial charge in [0.1, 0.15) is 11.3 Å². The third-order valence-electron chi connectivity index (χ3n) is 2.77. The fourth-order valence-electron chi connectivity index (χ4n) is 1.67. The van der Waals surface area contributed by atoms with Crippen LogP contribution < -0.4 is 10.5 Å². The molecular weight excluding hydrogens is 269 g/mol. The van der Waals surface area contributed by atoms with Gasteiger partial charge in [-0.3, -0.25) is 0 Å². The maximum atomic E-state index is 12.9. The molecule has 1 heterocycles. The smallest absolute Gasteiger partial charge is 0.421 e. The first-order valence-corrected chi connectivity index (χ1v) is 5.91. The lowest BCUT2D eigenvalue weighted by Gasteiger charge is -2.14. The minimum Gasteiger partial charge on any atom is -0.438 e. The summed E-state index contributed by atoms with van der Waals surface area (Å²) < 4.78 is 43.9. The Morgan fingerprint density at radius 3 is 2.65 bits per heavy atom. The Morgan fingerprint density at radius 2 is 2.00 bits per heavy atom. The van der Waals surface area contributed by atoms with Gasteiger partial charge in [-0.2, -0.15) is 13.2 Å². The number of hydrogen-bond acceptors (Lipinski definition) is 3. The van der Waals surface area contributed by atoms with Gasteiger partial charge >= 0.3 is 6.18 Å². The summed E-state index contributed by atoms with van der Waals surface area (Å²) in [5.74, 6) is -0.144. The Bertz CT molecular complexity index is 612. The third kappa shape index (κ3) is 3.08. The minimum absolute atomic E-state index is 0.283. The molecule has 0 spiro atoms. The van der Waals surface area contributed by atoms with Crippen LogP contribution in [0.1, 0.15) is 16.7 Å². The van der Waals surface area contributed by atoms with Gasteiger partial charge in [0.15, 0.2) is 0 Å². The molecule has 2 N–H and O–H groups in total. The van der Waals surface area contributed by atoms with Crippen LogP contribution in [0.25, 0.3) is 0 Å². The van der Waals surface area contributed by atoms with E-state index in [4.69, 9.17) is 10.5 Å². The highest BCUT2D eigenvalue weighted by Crippen LogP contribution is 2.37. The quantitative estimate of drug-likeness (QED) is 0.934. The van der Waals surface area contributed by atoms with Crippen LogP contribution in [-0.2, 0) is 12.7 Å². The van der Waals surface area contributed by atoms with Gasteiger partial charge in [-0.1, -0.05) is 12.1 Å². The second-order valence-corrected chi connectivity index (χ2v) is 4.26. The number of aromatic nitrogens is 1. The van der Waals surface area contributed by atoms with Crippen LogP contribution >= 0.6 is 0 Å². The monoisotopic (exact) mass is 282 g/mol. The molecule has 0 saturated heterocycles. The van der Waals surface area contributed by atoms with Crippen molar-refractivity contribution in [3.05, 3.63) is 53.2 Å². The van der Waals surface area contributed by atoms with Crippen LogP contribution in [0.2, 0.25) is 0 Å². The topological polar surface area (TPSA) is 48.1 Å². The zero-order valence-electron chi connectivity index (χ0n) is 10.7. The summed E-state index contributed by atoms with van der Waals surface area (Å²) >= 11 is 0. The highest BCUT2D eigenvalue weighted by atomic mass is 19.4. The Hall–Kier alpha value is -2.08. The van der Waals surface area contributed by atoms with Gasteiger partial charge in [-0.15, -0.1) is 0 Å². The van der Waals surface area contributed by atoms with Crippen molar-refractivity contribution in [2.24, 2.45) is 5.73 Å². The summed E-state index contributed by atoms with van der Waals surface area (Å²) in [5, 5.41) is 0. The lowest BCUT2D eigenvalue weighted by atomic mass is 10.1. The number of pyridine rings is 1. The molecule has 2 aromatic rings. The number of hydrogen-bond donors (Lipinski definition) is 1. The van der Waals surface area contributed by atoms with E-state index in [1.807, 2.05) is 0 Å². The van der Waals surface area contributed by atoms with Crippen LogP contribution in [0.3, 0.4) is 0 Å². The lowest BCUT2D eigenvalue weighted by molar-refractivity contribution is -0.138. The van der Waals surface area contributed by atoms with Gasteiger partial charge < -0.3 is 10.5 Å². The molecule has 0 aliphatic carbocycles. The largest absolute Gasteiger partial charge is 0.438 e. The first-order valence-electron chi connectivity index (χ1n) is 5.91. The fraction of sp³-hybridized carbons (Fsp3) is 0.214. The van der Waals surface area contributed by atoms with Crippen LogP contribution in [0, 0.1) is 6.92 Å². The van der Waals surface area contributed by atoms with Crippen molar-refractivity contribution in [3.8, 4) is 11.6 Å². The predicted molar refractivity (Wildman–Crippen MR) is 68.4 cm³/mol. The molecule has 2 rings (SSSR count). The molecule has 0 aliphatic heterocycles. The zero-order chi connectivity index (χ0) is 14.8. The van der Waals surface area contributed by atoms with Crippen LogP contribution in [0.4, 0.5) is 13.2 Å². The van der Waals surface area contributed by atoms with Crippen LogP contribution in [0.5, 0.6) is 11.6 Å². The normalized spacial score (nSPS) is 11.4. The molecule has 3 nitrogen and oxygen atoms in total.